The SMILES string of the molecule is COc1cc(CCNC(=O)c2ccccc2NCC(=O)O)cc(OC)c1. The van der Waals surface area contributed by atoms with Crippen LogP contribution in [-0.2, 0) is 11.2 Å². The molecule has 0 spiro atoms. The van der Waals surface area contributed by atoms with Crippen molar-refractivity contribution in [1.82, 2.24) is 5.32 Å². The fourth-order valence-electron chi connectivity index (χ4n) is 2.43. The summed E-state index contributed by atoms with van der Waals surface area (Å²) in [7, 11) is 3.17. The molecule has 0 heterocycles. The van der Waals surface area contributed by atoms with Crippen LogP contribution in [0.15, 0.2) is 42.5 Å². The van der Waals surface area contributed by atoms with E-state index in [-0.39, 0.29) is 12.5 Å². The van der Waals surface area contributed by atoms with E-state index >= 15 is 0 Å². The quantitative estimate of drug-likeness (QED) is 0.636. The Kier molecular flexibility index (Phi) is 6.84. The standard InChI is InChI=1S/C19H22N2O5/c1-25-14-9-13(10-15(11-14)26-2)7-8-20-19(24)16-5-3-4-6-17(16)21-12-18(22)23/h3-6,9-11,21H,7-8,12H2,1-2H3,(H,20,24)(H,22,23). The van der Waals surface area contributed by atoms with Gasteiger partial charge in [0.25, 0.3) is 5.91 Å². The number of rotatable bonds is 9. The molecule has 0 aromatic heterocycles. The fourth-order valence-corrected chi connectivity index (χ4v) is 2.43. The lowest BCUT2D eigenvalue weighted by molar-refractivity contribution is -0.134. The van der Waals surface area contributed by atoms with Crippen molar-refractivity contribution in [2.75, 3.05) is 32.6 Å². The van der Waals surface area contributed by atoms with Gasteiger partial charge in [0, 0.05) is 18.3 Å². The number of carboxylic acid groups (broad SMARTS) is 1. The lowest BCUT2D eigenvalue weighted by Crippen LogP contribution is -2.27. The highest BCUT2D eigenvalue weighted by molar-refractivity contribution is 5.99. The van der Waals surface area contributed by atoms with Gasteiger partial charge in [0.1, 0.15) is 18.0 Å². The van der Waals surface area contributed by atoms with E-state index < -0.39 is 5.97 Å². The molecule has 0 saturated carbocycles. The van der Waals surface area contributed by atoms with Crippen molar-refractivity contribution in [1.29, 1.82) is 0 Å². The molecule has 0 aliphatic rings. The minimum Gasteiger partial charge on any atom is -0.497 e. The third-order valence-corrected chi connectivity index (χ3v) is 3.71. The Balaban J connectivity index is 1.98. The van der Waals surface area contributed by atoms with Crippen LogP contribution in [0.5, 0.6) is 11.5 Å². The maximum atomic E-state index is 12.4. The summed E-state index contributed by atoms with van der Waals surface area (Å²) in [5.41, 5.74) is 1.85. The molecule has 138 valence electrons. The summed E-state index contributed by atoms with van der Waals surface area (Å²) in [6.45, 7) is 0.163. The molecule has 2 rings (SSSR count). The first-order valence-electron chi connectivity index (χ1n) is 8.08. The van der Waals surface area contributed by atoms with Crippen molar-refractivity contribution in [2.45, 2.75) is 6.42 Å². The zero-order valence-electron chi connectivity index (χ0n) is 14.7. The molecule has 1 amide bonds. The van der Waals surface area contributed by atoms with Crippen molar-refractivity contribution >= 4 is 17.6 Å². The van der Waals surface area contributed by atoms with Crippen molar-refractivity contribution in [2.24, 2.45) is 0 Å². The van der Waals surface area contributed by atoms with Gasteiger partial charge in [0.15, 0.2) is 0 Å². The Morgan fingerprint density at radius 2 is 1.69 bits per heavy atom. The van der Waals surface area contributed by atoms with E-state index in [1.165, 1.54) is 0 Å². The van der Waals surface area contributed by atoms with E-state index in [2.05, 4.69) is 10.6 Å². The summed E-state index contributed by atoms with van der Waals surface area (Å²) in [5.74, 6) is 0.114. The summed E-state index contributed by atoms with van der Waals surface area (Å²) in [5, 5.41) is 14.4. The molecule has 3 N–H and O–H groups in total. The molecule has 0 bridgehead atoms. The molecule has 7 heteroatoms. The highest BCUT2D eigenvalue weighted by Gasteiger charge is 2.11. The Hall–Kier alpha value is -3.22. The monoisotopic (exact) mass is 358 g/mol. The van der Waals surface area contributed by atoms with Gasteiger partial charge < -0.3 is 25.2 Å². The Bertz CT molecular complexity index is 754. The molecule has 0 fully saturated rings. The number of amides is 1. The van der Waals surface area contributed by atoms with E-state index in [0.29, 0.717) is 35.7 Å². The third-order valence-electron chi connectivity index (χ3n) is 3.71. The van der Waals surface area contributed by atoms with E-state index in [1.54, 1.807) is 44.6 Å². The molecular formula is C19H22N2O5. The Labute approximate surface area is 151 Å². The second-order valence-corrected chi connectivity index (χ2v) is 5.52. The van der Waals surface area contributed by atoms with Crippen molar-refractivity contribution in [3.8, 4) is 11.5 Å². The van der Waals surface area contributed by atoms with Crippen molar-refractivity contribution < 1.29 is 24.2 Å². The lowest BCUT2D eigenvalue weighted by Gasteiger charge is -2.12. The largest absolute Gasteiger partial charge is 0.497 e. The predicted octanol–water partition coefficient (Wildman–Crippen LogP) is 2.17. The average molecular weight is 358 g/mol. The molecule has 0 aliphatic carbocycles. The minimum atomic E-state index is -0.993. The number of benzene rings is 2. The van der Waals surface area contributed by atoms with Gasteiger partial charge in [0.2, 0.25) is 0 Å². The second kappa shape index (κ2) is 9.31. The molecule has 26 heavy (non-hydrogen) atoms. The second-order valence-electron chi connectivity index (χ2n) is 5.52. The number of hydrogen-bond donors (Lipinski definition) is 3. The summed E-state index contributed by atoms with van der Waals surface area (Å²) in [6.07, 6.45) is 0.601. The number of hydrogen-bond acceptors (Lipinski definition) is 5. The maximum absolute atomic E-state index is 12.4. The van der Waals surface area contributed by atoms with E-state index in [4.69, 9.17) is 14.6 Å². The minimum absolute atomic E-state index is 0.256. The summed E-state index contributed by atoms with van der Waals surface area (Å²) < 4.78 is 10.5. The Morgan fingerprint density at radius 3 is 2.31 bits per heavy atom. The van der Waals surface area contributed by atoms with E-state index in [0.717, 1.165) is 5.56 Å². The van der Waals surface area contributed by atoms with Crippen LogP contribution in [0, 0.1) is 0 Å². The maximum Gasteiger partial charge on any atom is 0.322 e. The van der Waals surface area contributed by atoms with E-state index in [1.807, 2.05) is 12.1 Å². The van der Waals surface area contributed by atoms with Gasteiger partial charge in [-0.15, -0.1) is 0 Å². The molecule has 0 atom stereocenters. The molecule has 2 aromatic rings. The molecule has 0 aliphatic heterocycles. The van der Waals surface area contributed by atoms with E-state index in [9.17, 15) is 9.59 Å². The van der Waals surface area contributed by atoms with Crippen LogP contribution in [0.4, 0.5) is 5.69 Å². The first-order valence-corrected chi connectivity index (χ1v) is 8.08. The predicted molar refractivity (Wildman–Crippen MR) is 98.2 cm³/mol. The van der Waals surface area contributed by atoms with Gasteiger partial charge in [-0.3, -0.25) is 9.59 Å². The Morgan fingerprint density at radius 1 is 1.04 bits per heavy atom. The van der Waals surface area contributed by atoms with Gasteiger partial charge in [-0.2, -0.15) is 0 Å². The van der Waals surface area contributed by atoms with Gasteiger partial charge in [-0.05, 0) is 36.2 Å². The average Bonchev–Trinajstić information content (AvgIpc) is 2.66. The molecule has 0 radical (unpaired) electrons. The number of carbonyl (C=O) groups excluding carboxylic acids is 1. The van der Waals surface area contributed by atoms with Crippen molar-refractivity contribution in [3.05, 3.63) is 53.6 Å². The first kappa shape index (κ1) is 19.1. The number of carboxylic acids is 1. The van der Waals surface area contributed by atoms with Gasteiger partial charge >= 0.3 is 5.97 Å². The molecule has 2 aromatic carbocycles. The number of carbonyl (C=O) groups is 2. The number of ether oxygens (including phenoxy) is 2. The van der Waals surface area contributed by atoms with Crippen molar-refractivity contribution in [3.63, 3.8) is 0 Å². The number of aliphatic carboxylic acids is 1. The highest BCUT2D eigenvalue weighted by Crippen LogP contribution is 2.22. The van der Waals surface area contributed by atoms with Crippen LogP contribution in [0.25, 0.3) is 0 Å². The number of anilines is 1. The molecular weight excluding hydrogens is 336 g/mol. The highest BCUT2D eigenvalue weighted by atomic mass is 16.5. The first-order chi connectivity index (χ1) is 12.5. The molecule has 0 saturated heterocycles. The van der Waals surface area contributed by atoms with Crippen LogP contribution in [0.3, 0.4) is 0 Å². The van der Waals surface area contributed by atoms with Crippen LogP contribution in [0.2, 0.25) is 0 Å². The summed E-state index contributed by atoms with van der Waals surface area (Å²) >= 11 is 0. The zero-order chi connectivity index (χ0) is 18.9. The van der Waals surface area contributed by atoms with Crippen LogP contribution >= 0.6 is 0 Å². The summed E-state index contributed by atoms with van der Waals surface area (Å²) in [6, 6.07) is 12.3. The topological polar surface area (TPSA) is 96.9 Å². The molecule has 7 nitrogen and oxygen atoms in total. The van der Waals surface area contributed by atoms with Crippen LogP contribution in [-0.4, -0.2) is 44.3 Å². The normalized spacial score (nSPS) is 10.1. The van der Waals surface area contributed by atoms with Gasteiger partial charge in [-0.1, -0.05) is 12.1 Å². The van der Waals surface area contributed by atoms with Gasteiger partial charge in [-0.25, -0.2) is 0 Å². The van der Waals surface area contributed by atoms with Crippen LogP contribution < -0.4 is 20.1 Å². The summed E-state index contributed by atoms with van der Waals surface area (Å²) in [4.78, 5) is 23.1. The lowest BCUT2D eigenvalue weighted by atomic mass is 10.1. The number of nitrogens with one attached hydrogen (secondary N) is 2. The number of para-hydroxylation sites is 1. The number of methoxy groups -OCH3 is 2. The smallest absolute Gasteiger partial charge is 0.322 e. The van der Waals surface area contributed by atoms with Gasteiger partial charge in [0.05, 0.1) is 19.8 Å². The zero-order valence-corrected chi connectivity index (χ0v) is 14.7. The third kappa shape index (κ3) is 5.41. The fraction of sp³-hybridized carbons (Fsp3) is 0.263. The van der Waals surface area contributed by atoms with Crippen LogP contribution in [0.1, 0.15) is 15.9 Å². The molecule has 0 unspecified atom stereocenters.